The maximum atomic E-state index is 12.2. The molecule has 0 atom stereocenters. The van der Waals surface area contributed by atoms with E-state index in [0.29, 0.717) is 18.1 Å². The van der Waals surface area contributed by atoms with Gasteiger partial charge in [-0.05, 0) is 17.9 Å². The average Bonchev–Trinajstić information content (AvgIpc) is 3.04. The third-order valence-electron chi connectivity index (χ3n) is 3.16. The lowest BCUT2D eigenvalue weighted by molar-refractivity contribution is 0.0780. The van der Waals surface area contributed by atoms with E-state index in [2.05, 4.69) is 26.7 Å². The third kappa shape index (κ3) is 2.31. The van der Waals surface area contributed by atoms with Gasteiger partial charge in [-0.2, -0.15) is 0 Å². The Morgan fingerprint density at radius 2 is 2.42 bits per heavy atom. The third-order valence-corrected chi connectivity index (χ3v) is 4.09. The summed E-state index contributed by atoms with van der Waals surface area (Å²) in [6.45, 7) is 1.31. The summed E-state index contributed by atoms with van der Waals surface area (Å²) in [5.74, 6) is 0.598. The summed E-state index contributed by atoms with van der Waals surface area (Å²) in [5.41, 5.74) is 1.45. The Morgan fingerprint density at radius 1 is 1.53 bits per heavy atom. The first-order valence-corrected chi connectivity index (χ1v) is 7.01. The van der Waals surface area contributed by atoms with Crippen LogP contribution in [0.4, 0.5) is 5.95 Å². The largest absolute Gasteiger partial charge is 0.357 e. The van der Waals surface area contributed by atoms with Crippen LogP contribution in [0, 0.1) is 0 Å². The summed E-state index contributed by atoms with van der Waals surface area (Å²) in [6.07, 6.45) is 2.51. The zero-order valence-corrected chi connectivity index (χ0v) is 11.4. The molecule has 2 aromatic heterocycles. The molecular weight excluding hydrogens is 260 g/mol. The highest BCUT2D eigenvalue weighted by Crippen LogP contribution is 2.22. The van der Waals surface area contributed by atoms with Crippen LogP contribution in [0.1, 0.15) is 20.9 Å². The van der Waals surface area contributed by atoms with Crippen LogP contribution < -0.4 is 5.32 Å². The number of rotatable bonds is 4. The van der Waals surface area contributed by atoms with E-state index in [0.717, 1.165) is 18.7 Å². The number of carbonyl (C=O) groups is 1. The molecule has 1 aliphatic heterocycles. The molecule has 3 heterocycles. The van der Waals surface area contributed by atoms with E-state index in [4.69, 9.17) is 0 Å². The number of aromatic nitrogens is 2. The van der Waals surface area contributed by atoms with Gasteiger partial charge < -0.3 is 10.2 Å². The van der Waals surface area contributed by atoms with Crippen LogP contribution in [-0.2, 0) is 13.0 Å². The smallest absolute Gasteiger partial charge is 0.257 e. The molecule has 0 unspecified atom stereocenters. The summed E-state index contributed by atoms with van der Waals surface area (Å²) in [6, 6.07) is 4.13. The van der Waals surface area contributed by atoms with Crippen molar-refractivity contribution in [1.29, 1.82) is 0 Å². The van der Waals surface area contributed by atoms with Crippen LogP contribution in [0.5, 0.6) is 0 Å². The maximum Gasteiger partial charge on any atom is 0.257 e. The second kappa shape index (κ2) is 4.97. The van der Waals surface area contributed by atoms with Crippen LogP contribution in [0.25, 0.3) is 0 Å². The zero-order valence-electron chi connectivity index (χ0n) is 10.6. The Kier molecular flexibility index (Phi) is 3.16. The Hall–Kier alpha value is -1.95. The van der Waals surface area contributed by atoms with Crippen molar-refractivity contribution in [3.8, 4) is 0 Å². The van der Waals surface area contributed by atoms with Gasteiger partial charge >= 0.3 is 0 Å². The molecule has 0 saturated heterocycles. The van der Waals surface area contributed by atoms with Crippen molar-refractivity contribution in [1.82, 2.24) is 14.9 Å². The van der Waals surface area contributed by atoms with Gasteiger partial charge in [-0.3, -0.25) is 4.79 Å². The standard InChI is InChI=1S/C13H14N4OS/c1-14-13-15-7-10-11(16-13)8-17(12(10)18)5-4-9-3-2-6-19-9/h2-3,6-7H,4-5,8H2,1H3,(H,14,15,16). The minimum atomic E-state index is 0.0363. The fourth-order valence-electron chi connectivity index (χ4n) is 2.14. The van der Waals surface area contributed by atoms with Crippen molar-refractivity contribution < 1.29 is 4.79 Å². The van der Waals surface area contributed by atoms with Crippen LogP contribution >= 0.6 is 11.3 Å². The first kappa shape index (κ1) is 12.1. The Balaban J connectivity index is 1.72. The van der Waals surface area contributed by atoms with Gasteiger partial charge in [0.1, 0.15) is 0 Å². The lowest BCUT2D eigenvalue weighted by Gasteiger charge is -2.14. The average molecular weight is 274 g/mol. The molecule has 1 N–H and O–H groups in total. The molecule has 98 valence electrons. The lowest BCUT2D eigenvalue weighted by atomic mass is 10.3. The van der Waals surface area contributed by atoms with E-state index in [9.17, 15) is 4.79 Å². The van der Waals surface area contributed by atoms with Crippen LogP contribution in [0.15, 0.2) is 23.7 Å². The summed E-state index contributed by atoms with van der Waals surface area (Å²) in [5, 5.41) is 4.95. The molecule has 5 nitrogen and oxygen atoms in total. The fourth-order valence-corrected chi connectivity index (χ4v) is 2.84. The van der Waals surface area contributed by atoms with Crippen molar-refractivity contribution in [3.05, 3.63) is 39.8 Å². The SMILES string of the molecule is CNc1ncc2c(n1)CN(CCc1cccs1)C2=O. The molecule has 0 aromatic carbocycles. The van der Waals surface area contributed by atoms with Gasteiger partial charge in [-0.25, -0.2) is 9.97 Å². The summed E-state index contributed by atoms with van der Waals surface area (Å²) < 4.78 is 0. The first-order chi connectivity index (χ1) is 9.28. The topological polar surface area (TPSA) is 58.1 Å². The normalized spacial score (nSPS) is 13.7. The van der Waals surface area contributed by atoms with E-state index in [1.165, 1.54) is 4.88 Å². The number of fused-ring (bicyclic) bond motifs is 1. The van der Waals surface area contributed by atoms with Gasteiger partial charge in [-0.15, -0.1) is 11.3 Å². The Labute approximate surface area is 115 Å². The minimum absolute atomic E-state index is 0.0363. The maximum absolute atomic E-state index is 12.2. The van der Waals surface area contributed by atoms with E-state index in [1.54, 1.807) is 24.6 Å². The van der Waals surface area contributed by atoms with Gasteiger partial charge in [0.2, 0.25) is 5.95 Å². The summed E-state index contributed by atoms with van der Waals surface area (Å²) in [7, 11) is 1.77. The molecule has 0 bridgehead atoms. The molecule has 1 aliphatic rings. The van der Waals surface area contributed by atoms with E-state index in [-0.39, 0.29) is 5.91 Å². The number of hydrogen-bond donors (Lipinski definition) is 1. The predicted octanol–water partition coefficient (Wildman–Crippen LogP) is 1.78. The van der Waals surface area contributed by atoms with Crippen LogP contribution in [-0.4, -0.2) is 34.4 Å². The van der Waals surface area contributed by atoms with Gasteiger partial charge in [0, 0.05) is 24.7 Å². The second-order valence-corrected chi connectivity index (χ2v) is 5.39. The molecule has 3 rings (SSSR count). The Morgan fingerprint density at radius 3 is 3.16 bits per heavy atom. The fraction of sp³-hybridized carbons (Fsp3) is 0.308. The highest BCUT2D eigenvalue weighted by Gasteiger charge is 2.28. The highest BCUT2D eigenvalue weighted by molar-refractivity contribution is 7.09. The molecular formula is C13H14N4OS. The number of anilines is 1. The second-order valence-electron chi connectivity index (χ2n) is 4.36. The van der Waals surface area contributed by atoms with Crippen molar-refractivity contribution >= 4 is 23.2 Å². The highest BCUT2D eigenvalue weighted by atomic mass is 32.1. The van der Waals surface area contributed by atoms with Crippen molar-refractivity contribution in [3.63, 3.8) is 0 Å². The van der Waals surface area contributed by atoms with E-state index < -0.39 is 0 Å². The molecule has 19 heavy (non-hydrogen) atoms. The van der Waals surface area contributed by atoms with E-state index in [1.807, 2.05) is 11.0 Å². The molecule has 2 aromatic rings. The summed E-state index contributed by atoms with van der Waals surface area (Å²) >= 11 is 1.72. The molecule has 0 spiro atoms. The number of nitrogens with zero attached hydrogens (tertiary/aromatic N) is 3. The first-order valence-electron chi connectivity index (χ1n) is 6.13. The minimum Gasteiger partial charge on any atom is -0.357 e. The molecule has 6 heteroatoms. The van der Waals surface area contributed by atoms with Crippen molar-refractivity contribution in [2.75, 3.05) is 18.9 Å². The number of carbonyl (C=O) groups excluding carboxylic acids is 1. The van der Waals surface area contributed by atoms with Crippen molar-refractivity contribution in [2.24, 2.45) is 0 Å². The molecule has 0 radical (unpaired) electrons. The van der Waals surface area contributed by atoms with Crippen LogP contribution in [0.2, 0.25) is 0 Å². The van der Waals surface area contributed by atoms with Gasteiger partial charge in [0.15, 0.2) is 0 Å². The number of nitrogens with one attached hydrogen (secondary N) is 1. The monoisotopic (exact) mass is 274 g/mol. The summed E-state index contributed by atoms with van der Waals surface area (Å²) in [4.78, 5) is 23.7. The van der Waals surface area contributed by atoms with Gasteiger partial charge in [0.25, 0.3) is 5.91 Å². The molecule has 0 fully saturated rings. The number of hydrogen-bond acceptors (Lipinski definition) is 5. The van der Waals surface area contributed by atoms with Gasteiger partial charge in [0.05, 0.1) is 17.8 Å². The van der Waals surface area contributed by atoms with E-state index >= 15 is 0 Å². The molecule has 0 aliphatic carbocycles. The zero-order chi connectivity index (χ0) is 13.2. The van der Waals surface area contributed by atoms with Crippen LogP contribution in [0.3, 0.4) is 0 Å². The lowest BCUT2D eigenvalue weighted by Crippen LogP contribution is -2.26. The molecule has 1 amide bonds. The quantitative estimate of drug-likeness (QED) is 0.923. The Bertz CT molecular complexity index is 597. The molecule has 0 saturated carbocycles. The predicted molar refractivity (Wildman–Crippen MR) is 74.3 cm³/mol. The van der Waals surface area contributed by atoms with Crippen molar-refractivity contribution in [2.45, 2.75) is 13.0 Å². The van der Waals surface area contributed by atoms with Gasteiger partial charge in [-0.1, -0.05) is 6.07 Å². The number of amides is 1. The number of thiophene rings is 1.